The molecule has 1 unspecified atom stereocenters. The van der Waals surface area contributed by atoms with Crippen LogP contribution >= 0.6 is 0 Å². The molecular formula is C19H22N4O3. The molecule has 0 bridgehead atoms. The summed E-state index contributed by atoms with van der Waals surface area (Å²) in [4.78, 5) is 32.7. The number of para-hydroxylation sites is 1. The number of hydrogen-bond acceptors (Lipinski definition) is 6. The Hall–Kier alpha value is -2.93. The van der Waals surface area contributed by atoms with Crippen molar-refractivity contribution in [1.29, 1.82) is 0 Å². The average Bonchev–Trinajstić information content (AvgIpc) is 2.67. The van der Waals surface area contributed by atoms with Crippen molar-refractivity contribution in [2.24, 2.45) is 5.73 Å². The molecule has 2 aromatic rings. The molecule has 1 saturated heterocycles. The predicted octanol–water partition coefficient (Wildman–Crippen LogP) is 1.05. The normalized spacial score (nSPS) is 17.3. The highest BCUT2D eigenvalue weighted by Gasteiger charge is 2.51. The molecule has 2 N–H and O–H groups in total. The standard InChI is InChI=1S/C19H22N4O3/c1-15(24)19(18(20)25,26-17-5-3-2-4-6-17)23-13-11-22(12-14-23)16-7-9-21-10-8-16/h2-10H,11-14H2,1H3,(H2,20,25). The van der Waals surface area contributed by atoms with Crippen LogP contribution in [0.2, 0.25) is 0 Å². The van der Waals surface area contributed by atoms with Gasteiger partial charge in [0.15, 0.2) is 5.78 Å². The Bertz CT molecular complexity index is 745. The number of piperazine rings is 1. The fourth-order valence-electron chi connectivity index (χ4n) is 3.23. The van der Waals surface area contributed by atoms with Crippen LogP contribution in [0.3, 0.4) is 0 Å². The Kier molecular flexibility index (Phi) is 5.18. The molecule has 1 aliphatic heterocycles. The zero-order valence-electron chi connectivity index (χ0n) is 14.7. The minimum absolute atomic E-state index is 0.425. The van der Waals surface area contributed by atoms with Gasteiger partial charge in [-0.2, -0.15) is 0 Å². The maximum atomic E-state index is 12.5. The number of benzene rings is 1. The van der Waals surface area contributed by atoms with E-state index in [4.69, 9.17) is 10.5 Å². The molecule has 0 saturated carbocycles. The Balaban J connectivity index is 1.82. The molecule has 136 valence electrons. The highest BCUT2D eigenvalue weighted by Crippen LogP contribution is 2.26. The van der Waals surface area contributed by atoms with Crippen molar-refractivity contribution in [2.45, 2.75) is 12.6 Å². The van der Waals surface area contributed by atoms with E-state index in [1.807, 2.05) is 18.2 Å². The zero-order valence-corrected chi connectivity index (χ0v) is 14.7. The van der Waals surface area contributed by atoms with E-state index < -0.39 is 17.4 Å². The molecule has 0 spiro atoms. The Morgan fingerprint density at radius 3 is 2.19 bits per heavy atom. The van der Waals surface area contributed by atoms with Crippen LogP contribution in [0.1, 0.15) is 6.92 Å². The third-order valence-corrected chi connectivity index (χ3v) is 4.57. The molecule has 7 nitrogen and oxygen atoms in total. The highest BCUT2D eigenvalue weighted by atomic mass is 16.5. The number of nitrogens with zero attached hydrogens (tertiary/aromatic N) is 3. The fourth-order valence-corrected chi connectivity index (χ4v) is 3.23. The molecule has 1 aromatic heterocycles. The third kappa shape index (κ3) is 3.39. The maximum absolute atomic E-state index is 12.5. The van der Waals surface area contributed by atoms with Crippen LogP contribution in [0, 0.1) is 0 Å². The largest absolute Gasteiger partial charge is 0.456 e. The molecule has 1 aromatic carbocycles. The molecule has 1 aliphatic rings. The lowest BCUT2D eigenvalue weighted by Gasteiger charge is -2.44. The lowest BCUT2D eigenvalue weighted by atomic mass is 10.0. The topological polar surface area (TPSA) is 88.8 Å². The molecular weight excluding hydrogens is 332 g/mol. The van der Waals surface area contributed by atoms with Crippen LogP contribution in [0.4, 0.5) is 5.69 Å². The minimum Gasteiger partial charge on any atom is -0.456 e. The van der Waals surface area contributed by atoms with Gasteiger partial charge in [-0.3, -0.25) is 14.6 Å². The van der Waals surface area contributed by atoms with E-state index in [9.17, 15) is 9.59 Å². The Morgan fingerprint density at radius 2 is 1.65 bits per heavy atom. The number of pyridine rings is 1. The maximum Gasteiger partial charge on any atom is 0.301 e. The summed E-state index contributed by atoms with van der Waals surface area (Å²) in [7, 11) is 0. The molecule has 0 aliphatic carbocycles. The number of nitrogens with two attached hydrogens (primary N) is 1. The van der Waals surface area contributed by atoms with E-state index >= 15 is 0 Å². The third-order valence-electron chi connectivity index (χ3n) is 4.57. The van der Waals surface area contributed by atoms with Crippen molar-refractivity contribution in [3.8, 4) is 5.75 Å². The van der Waals surface area contributed by atoms with Crippen LogP contribution in [-0.2, 0) is 9.59 Å². The van der Waals surface area contributed by atoms with E-state index in [1.165, 1.54) is 6.92 Å². The summed E-state index contributed by atoms with van der Waals surface area (Å²) < 4.78 is 5.88. The summed E-state index contributed by atoms with van der Waals surface area (Å²) in [5.74, 6) is -0.796. The van der Waals surface area contributed by atoms with E-state index in [2.05, 4.69) is 9.88 Å². The van der Waals surface area contributed by atoms with Crippen molar-refractivity contribution >= 4 is 17.4 Å². The number of hydrogen-bond donors (Lipinski definition) is 1. The van der Waals surface area contributed by atoms with Crippen LogP contribution in [0.15, 0.2) is 54.9 Å². The van der Waals surface area contributed by atoms with Crippen LogP contribution in [0.25, 0.3) is 0 Å². The monoisotopic (exact) mass is 354 g/mol. The fraction of sp³-hybridized carbons (Fsp3) is 0.316. The molecule has 26 heavy (non-hydrogen) atoms. The first-order valence-electron chi connectivity index (χ1n) is 8.49. The predicted molar refractivity (Wildman–Crippen MR) is 97.7 cm³/mol. The second-order valence-electron chi connectivity index (χ2n) is 6.16. The number of carbonyl (C=O) groups is 2. The van der Waals surface area contributed by atoms with Crippen LogP contribution in [-0.4, -0.2) is 53.5 Å². The number of amides is 1. The minimum atomic E-state index is -1.80. The van der Waals surface area contributed by atoms with Gasteiger partial charge in [0.05, 0.1) is 0 Å². The number of anilines is 1. The zero-order chi connectivity index (χ0) is 18.6. The molecule has 1 fully saturated rings. The van der Waals surface area contributed by atoms with Gasteiger partial charge in [0, 0.05) is 51.2 Å². The Morgan fingerprint density at radius 1 is 1.04 bits per heavy atom. The second-order valence-corrected chi connectivity index (χ2v) is 6.16. The number of carbonyl (C=O) groups excluding carboxylic acids is 2. The number of ether oxygens (including phenoxy) is 1. The van der Waals surface area contributed by atoms with E-state index in [1.54, 1.807) is 41.6 Å². The Labute approximate surface area is 152 Å². The first-order chi connectivity index (χ1) is 12.5. The molecule has 3 rings (SSSR count). The van der Waals surface area contributed by atoms with Gasteiger partial charge >= 0.3 is 5.72 Å². The van der Waals surface area contributed by atoms with Crippen LogP contribution < -0.4 is 15.4 Å². The summed E-state index contributed by atoms with van der Waals surface area (Å²) in [6, 6.07) is 12.7. The number of aromatic nitrogens is 1. The summed E-state index contributed by atoms with van der Waals surface area (Å²) in [6.07, 6.45) is 3.48. The van der Waals surface area contributed by atoms with Gasteiger partial charge in [-0.05, 0) is 24.3 Å². The molecule has 1 atom stereocenters. The van der Waals surface area contributed by atoms with Crippen molar-refractivity contribution in [3.63, 3.8) is 0 Å². The van der Waals surface area contributed by atoms with Gasteiger partial charge in [0.1, 0.15) is 5.75 Å². The summed E-state index contributed by atoms with van der Waals surface area (Å²) in [5.41, 5.74) is 4.90. The summed E-state index contributed by atoms with van der Waals surface area (Å²) in [5, 5.41) is 0. The number of ketones is 1. The lowest BCUT2D eigenvalue weighted by Crippen LogP contribution is -2.69. The first kappa shape index (κ1) is 17.9. The van der Waals surface area contributed by atoms with Gasteiger partial charge < -0.3 is 15.4 Å². The van der Waals surface area contributed by atoms with Gasteiger partial charge in [0.2, 0.25) is 0 Å². The number of rotatable bonds is 6. The smallest absolute Gasteiger partial charge is 0.301 e. The average molecular weight is 354 g/mol. The molecule has 2 heterocycles. The van der Waals surface area contributed by atoms with Gasteiger partial charge in [-0.1, -0.05) is 18.2 Å². The summed E-state index contributed by atoms with van der Waals surface area (Å²) >= 11 is 0. The molecule has 7 heteroatoms. The quantitative estimate of drug-likeness (QED) is 0.780. The lowest BCUT2D eigenvalue weighted by molar-refractivity contribution is -0.165. The van der Waals surface area contributed by atoms with Crippen molar-refractivity contribution < 1.29 is 14.3 Å². The SMILES string of the molecule is CC(=O)C(Oc1ccccc1)(C(N)=O)N1CCN(c2ccncc2)CC1. The summed E-state index contributed by atoms with van der Waals surface area (Å²) in [6.45, 7) is 3.56. The molecule has 1 amide bonds. The highest BCUT2D eigenvalue weighted by molar-refractivity contribution is 6.07. The van der Waals surface area contributed by atoms with Crippen molar-refractivity contribution in [2.75, 3.05) is 31.1 Å². The van der Waals surface area contributed by atoms with Crippen molar-refractivity contribution in [3.05, 3.63) is 54.9 Å². The number of primary amides is 1. The van der Waals surface area contributed by atoms with Gasteiger partial charge in [-0.25, -0.2) is 4.90 Å². The number of Topliss-reactive ketones (excluding diaryl/α,β-unsaturated/α-hetero) is 1. The van der Waals surface area contributed by atoms with Crippen LogP contribution in [0.5, 0.6) is 5.75 Å². The van der Waals surface area contributed by atoms with Crippen molar-refractivity contribution in [1.82, 2.24) is 9.88 Å². The van der Waals surface area contributed by atoms with E-state index in [0.717, 1.165) is 5.69 Å². The molecule has 0 radical (unpaired) electrons. The van der Waals surface area contributed by atoms with E-state index in [-0.39, 0.29) is 0 Å². The second kappa shape index (κ2) is 7.53. The first-order valence-corrected chi connectivity index (χ1v) is 8.49. The van der Waals surface area contributed by atoms with E-state index in [0.29, 0.717) is 31.9 Å². The van der Waals surface area contributed by atoms with Gasteiger partial charge in [-0.15, -0.1) is 0 Å². The van der Waals surface area contributed by atoms with Gasteiger partial charge in [0.25, 0.3) is 5.91 Å².